The van der Waals surface area contributed by atoms with Crippen molar-refractivity contribution < 1.29 is 17.7 Å². The van der Waals surface area contributed by atoms with Crippen LogP contribution in [0.25, 0.3) is 142 Å². The molecule has 0 saturated carbocycles. The average Bonchev–Trinajstić information content (AvgIpc) is 1.59. The zero-order valence-electron chi connectivity index (χ0n) is 61.0. The molecule has 8 heteroatoms. The van der Waals surface area contributed by atoms with Crippen LogP contribution in [0.3, 0.4) is 0 Å². The fourth-order valence-corrected chi connectivity index (χ4v) is 17.1. The Bertz CT molecular complexity index is 7540. The summed E-state index contributed by atoms with van der Waals surface area (Å²) >= 11 is 0. The Hall–Kier alpha value is -14.6. The predicted octanol–water partition coefficient (Wildman–Crippen LogP) is 30.4. The molecule has 111 heavy (non-hydrogen) atoms. The molecule has 22 rings (SSSR count). The van der Waals surface area contributed by atoms with Gasteiger partial charge in [0, 0.05) is 123 Å². The van der Waals surface area contributed by atoms with Crippen LogP contribution >= 0.6 is 0 Å². The molecular formula is C103H68N4O4. The molecular weight excluding hydrogens is 1360 g/mol. The highest BCUT2D eigenvalue weighted by molar-refractivity contribution is 6.21. The van der Waals surface area contributed by atoms with Crippen molar-refractivity contribution in [3.63, 3.8) is 0 Å². The Morgan fingerprint density at radius 2 is 0.441 bits per heavy atom. The Morgan fingerprint density at radius 3 is 0.802 bits per heavy atom. The van der Waals surface area contributed by atoms with E-state index in [0.29, 0.717) is 0 Å². The van der Waals surface area contributed by atoms with Gasteiger partial charge in [-0.1, -0.05) is 152 Å². The molecule has 0 amide bonds. The number of nitrogens with zero attached hydrogens (tertiary/aromatic N) is 4. The van der Waals surface area contributed by atoms with E-state index in [2.05, 4.69) is 398 Å². The Kier molecular flexibility index (Phi) is 14.5. The topological polar surface area (TPSA) is 65.5 Å². The van der Waals surface area contributed by atoms with Gasteiger partial charge >= 0.3 is 0 Å². The van der Waals surface area contributed by atoms with E-state index in [4.69, 9.17) is 17.7 Å². The number of anilines is 12. The molecule has 0 atom stereocenters. The molecule has 0 fully saturated rings. The molecule has 0 aliphatic carbocycles. The van der Waals surface area contributed by atoms with Crippen LogP contribution in [0.2, 0.25) is 0 Å². The second-order valence-corrected chi connectivity index (χ2v) is 29.5. The molecule has 8 nitrogen and oxygen atoms in total. The lowest BCUT2D eigenvalue weighted by atomic mass is 10.0. The molecule has 4 aromatic heterocycles. The molecule has 0 saturated heterocycles. The number of rotatable bonds is 13. The quantitative estimate of drug-likeness (QED) is 0.113. The van der Waals surface area contributed by atoms with Gasteiger partial charge < -0.3 is 37.3 Å². The largest absolute Gasteiger partial charge is 0.456 e. The summed E-state index contributed by atoms with van der Waals surface area (Å²) in [5.41, 5.74) is 25.1. The summed E-state index contributed by atoms with van der Waals surface area (Å²) < 4.78 is 27.1. The number of para-hydroxylation sites is 5. The Balaban J connectivity index is 0.574. The number of hydrogen-bond donors (Lipinski definition) is 0. The first kappa shape index (κ1) is 63.7. The summed E-state index contributed by atoms with van der Waals surface area (Å²) in [6, 6.07) is 129. The van der Waals surface area contributed by atoms with Crippen LogP contribution in [0.4, 0.5) is 68.2 Å². The summed E-state index contributed by atoms with van der Waals surface area (Å²) in [5.74, 6) is 0. The molecule has 18 aromatic carbocycles. The lowest BCUT2D eigenvalue weighted by Crippen LogP contribution is -2.11. The van der Waals surface area contributed by atoms with E-state index in [1.165, 1.54) is 11.1 Å². The van der Waals surface area contributed by atoms with Gasteiger partial charge in [-0.15, -0.1) is 0 Å². The fourth-order valence-electron chi connectivity index (χ4n) is 17.1. The third kappa shape index (κ3) is 10.8. The molecule has 22 aromatic rings. The zero-order valence-corrected chi connectivity index (χ0v) is 61.0. The van der Waals surface area contributed by atoms with E-state index in [9.17, 15) is 0 Å². The van der Waals surface area contributed by atoms with Crippen LogP contribution in [0.1, 0.15) is 16.7 Å². The molecule has 0 aliphatic rings. The molecule has 4 heterocycles. The van der Waals surface area contributed by atoms with Gasteiger partial charge in [0.05, 0.1) is 0 Å². The highest BCUT2D eigenvalue weighted by Crippen LogP contribution is 2.48. The molecule has 0 radical (unpaired) electrons. The fraction of sp³-hybridized carbons (Fsp3) is 0.0291. The zero-order chi connectivity index (χ0) is 73.5. The number of aryl methyl sites for hydroxylation is 3. The van der Waals surface area contributed by atoms with Gasteiger partial charge in [-0.25, -0.2) is 0 Å². The van der Waals surface area contributed by atoms with Gasteiger partial charge in [0.2, 0.25) is 0 Å². The van der Waals surface area contributed by atoms with Crippen LogP contribution in [0.15, 0.2) is 376 Å². The van der Waals surface area contributed by atoms with Crippen molar-refractivity contribution in [3.05, 3.63) is 375 Å². The standard InChI is InChI=1S/C103H68N4O4/c1-63-20-17-31-79(44-63)104(76-25-7-4-8-26-76)82-40-36-68-51-86-90-59-91-87-52-69-37-41-83(48-73(69)56-97(87)109-101(91)61-100(90)108-96(86)55-72(68)47-82)105(77-27-9-5-10-28-77)80-32-18-23-66(45-80)67-24-19-33-81(46-67)107(95-35-16-14-22-65(95)3)85-43-39-71-54-89-93-60-92-88-53-70-38-42-84(106(78-29-11-6-12-30-78)94-34-15-13-21-64(94)2)49-74(70)57-98(88)110-102(92)62-103(93)111-99(89)58-75(71)50-85/h4-62H,1-3H3. The van der Waals surface area contributed by atoms with Gasteiger partial charge in [0.1, 0.15) is 44.7 Å². The lowest BCUT2D eigenvalue weighted by molar-refractivity contribution is 0.656. The van der Waals surface area contributed by atoms with Gasteiger partial charge in [0.25, 0.3) is 0 Å². The minimum atomic E-state index is 0.786. The van der Waals surface area contributed by atoms with Crippen molar-refractivity contribution in [2.45, 2.75) is 20.8 Å². The van der Waals surface area contributed by atoms with E-state index in [1.807, 2.05) is 0 Å². The minimum Gasteiger partial charge on any atom is -0.456 e. The van der Waals surface area contributed by atoms with Crippen molar-refractivity contribution in [1.82, 2.24) is 0 Å². The Morgan fingerprint density at radius 1 is 0.171 bits per heavy atom. The average molecular weight is 1430 g/mol. The van der Waals surface area contributed by atoms with Crippen molar-refractivity contribution >= 4 is 199 Å². The first-order valence-electron chi connectivity index (χ1n) is 37.8. The lowest BCUT2D eigenvalue weighted by Gasteiger charge is -2.28. The van der Waals surface area contributed by atoms with Gasteiger partial charge in [0.15, 0.2) is 0 Å². The van der Waals surface area contributed by atoms with Crippen LogP contribution in [-0.4, -0.2) is 0 Å². The maximum Gasteiger partial charge on any atom is 0.139 e. The molecule has 0 aliphatic heterocycles. The minimum absolute atomic E-state index is 0.786. The summed E-state index contributed by atoms with van der Waals surface area (Å²) in [4.78, 5) is 9.37. The molecule has 0 unspecified atom stereocenters. The van der Waals surface area contributed by atoms with Crippen LogP contribution in [-0.2, 0) is 0 Å². The van der Waals surface area contributed by atoms with E-state index in [0.717, 1.165) is 216 Å². The molecule has 0 spiro atoms. The van der Waals surface area contributed by atoms with E-state index >= 15 is 0 Å². The van der Waals surface area contributed by atoms with Crippen molar-refractivity contribution in [1.29, 1.82) is 0 Å². The third-order valence-electron chi connectivity index (χ3n) is 22.5. The summed E-state index contributed by atoms with van der Waals surface area (Å²) in [6.07, 6.45) is 0. The predicted molar refractivity (Wildman–Crippen MR) is 464 cm³/mol. The van der Waals surface area contributed by atoms with Crippen molar-refractivity contribution in [2.24, 2.45) is 0 Å². The third-order valence-corrected chi connectivity index (χ3v) is 22.5. The molecule has 524 valence electrons. The number of hydrogen-bond acceptors (Lipinski definition) is 8. The monoisotopic (exact) mass is 1420 g/mol. The summed E-state index contributed by atoms with van der Waals surface area (Å²) in [6.45, 7) is 6.49. The van der Waals surface area contributed by atoms with Crippen LogP contribution in [0.5, 0.6) is 0 Å². The summed E-state index contributed by atoms with van der Waals surface area (Å²) in [5, 5.41) is 17.4. The normalized spacial score (nSPS) is 11.9. The molecule has 0 N–H and O–H groups in total. The maximum absolute atomic E-state index is 6.82. The number of fused-ring (bicyclic) bond motifs is 16. The van der Waals surface area contributed by atoms with Crippen molar-refractivity contribution in [2.75, 3.05) is 19.6 Å². The highest BCUT2D eigenvalue weighted by Gasteiger charge is 2.24. The van der Waals surface area contributed by atoms with E-state index < -0.39 is 0 Å². The second kappa shape index (κ2) is 25.3. The smallest absolute Gasteiger partial charge is 0.139 e. The first-order valence-corrected chi connectivity index (χ1v) is 37.8. The van der Waals surface area contributed by atoms with E-state index in [-0.39, 0.29) is 0 Å². The van der Waals surface area contributed by atoms with Crippen LogP contribution < -0.4 is 19.6 Å². The van der Waals surface area contributed by atoms with Gasteiger partial charge in [-0.3, -0.25) is 0 Å². The maximum atomic E-state index is 6.82. The number of benzene rings is 18. The Labute approximate surface area is 638 Å². The van der Waals surface area contributed by atoms with E-state index in [1.54, 1.807) is 0 Å². The van der Waals surface area contributed by atoms with Gasteiger partial charge in [-0.2, -0.15) is 0 Å². The first-order chi connectivity index (χ1) is 54.6. The second-order valence-electron chi connectivity index (χ2n) is 29.5. The molecule has 0 bridgehead atoms. The van der Waals surface area contributed by atoms with Gasteiger partial charge in [-0.05, 0) is 286 Å². The summed E-state index contributed by atoms with van der Waals surface area (Å²) in [7, 11) is 0. The highest BCUT2D eigenvalue weighted by atomic mass is 16.4. The SMILES string of the molecule is Cc1cccc(N(c2ccccc2)c2ccc3cc4c(cc3c2)oc2cc3oc5cc6cc(N(c7ccccc7)c7cccc(-c8cccc(N(c9ccc%10cc%11c(cc%10c9)oc9cc%10oc%12cc%13cc(N(c%14ccccc%14)c%14ccccc%14C)ccc%13cc%12c%10cc9%11)c9ccccc9C)c8)c7)ccc6cc5c3cc24)c1. The van der Waals surface area contributed by atoms with Crippen LogP contribution in [0, 0.1) is 20.8 Å². The van der Waals surface area contributed by atoms with Crippen molar-refractivity contribution in [3.8, 4) is 11.1 Å². The number of furan rings is 4.